The van der Waals surface area contributed by atoms with Crippen molar-refractivity contribution < 1.29 is 8.78 Å². The molecule has 0 bridgehead atoms. The van der Waals surface area contributed by atoms with Crippen LogP contribution < -0.4 is 0 Å². The Bertz CT molecular complexity index is 684. The second-order valence-electron chi connectivity index (χ2n) is 5.45. The third-order valence-corrected chi connectivity index (χ3v) is 3.99. The van der Waals surface area contributed by atoms with Crippen LogP contribution in [0.15, 0.2) is 41.4 Å². The Kier molecular flexibility index (Phi) is 3.82. The van der Waals surface area contributed by atoms with Gasteiger partial charge >= 0.3 is 0 Å². The minimum atomic E-state index is -0.565. The molecular formula is C18H17F2N. The summed E-state index contributed by atoms with van der Waals surface area (Å²) in [4.78, 5) is 4.35. The van der Waals surface area contributed by atoms with Crippen molar-refractivity contribution in [3.63, 3.8) is 0 Å². The minimum absolute atomic E-state index is 0.0290. The summed E-state index contributed by atoms with van der Waals surface area (Å²) < 4.78 is 27.4. The standard InChI is InChI=1S/C18H17F2N/c1-12(18-16(19)6-3-7-17(18)20)21-11-13-8-9-14-4-2-5-15(14)10-13/h3,6-10H,2,4-5,11H2,1H3. The van der Waals surface area contributed by atoms with Crippen molar-refractivity contribution >= 4 is 5.71 Å². The first-order valence-corrected chi connectivity index (χ1v) is 7.21. The molecule has 0 heterocycles. The van der Waals surface area contributed by atoms with Crippen LogP contribution in [0.3, 0.4) is 0 Å². The van der Waals surface area contributed by atoms with E-state index in [2.05, 4.69) is 23.2 Å². The van der Waals surface area contributed by atoms with E-state index in [0.29, 0.717) is 12.3 Å². The molecule has 0 saturated heterocycles. The van der Waals surface area contributed by atoms with E-state index in [-0.39, 0.29) is 5.56 Å². The third kappa shape index (κ3) is 2.87. The number of halogens is 2. The largest absolute Gasteiger partial charge is 0.284 e. The van der Waals surface area contributed by atoms with Crippen molar-refractivity contribution in [3.8, 4) is 0 Å². The fourth-order valence-corrected chi connectivity index (χ4v) is 2.86. The van der Waals surface area contributed by atoms with Gasteiger partial charge in [0.1, 0.15) is 11.6 Å². The van der Waals surface area contributed by atoms with Crippen molar-refractivity contribution in [2.24, 2.45) is 4.99 Å². The lowest BCUT2D eigenvalue weighted by molar-refractivity contribution is 0.578. The lowest BCUT2D eigenvalue weighted by Crippen LogP contribution is -2.03. The maximum atomic E-state index is 13.7. The Hall–Kier alpha value is -2.03. The first kappa shape index (κ1) is 13.9. The maximum absolute atomic E-state index is 13.7. The van der Waals surface area contributed by atoms with Crippen molar-refractivity contribution in [2.75, 3.05) is 0 Å². The molecular weight excluding hydrogens is 268 g/mol. The minimum Gasteiger partial charge on any atom is -0.284 e. The fourth-order valence-electron chi connectivity index (χ4n) is 2.86. The zero-order valence-corrected chi connectivity index (χ0v) is 12.0. The number of aryl methyl sites for hydroxylation is 2. The van der Waals surface area contributed by atoms with E-state index in [0.717, 1.165) is 18.4 Å². The van der Waals surface area contributed by atoms with E-state index < -0.39 is 11.6 Å². The van der Waals surface area contributed by atoms with Crippen LogP contribution in [0.5, 0.6) is 0 Å². The molecule has 0 spiro atoms. The van der Waals surface area contributed by atoms with Gasteiger partial charge in [0.15, 0.2) is 0 Å². The number of rotatable bonds is 3. The highest BCUT2D eigenvalue weighted by molar-refractivity contribution is 5.99. The molecule has 21 heavy (non-hydrogen) atoms. The van der Waals surface area contributed by atoms with Crippen LogP contribution in [-0.4, -0.2) is 5.71 Å². The molecule has 1 aliphatic carbocycles. The molecule has 0 aromatic heterocycles. The molecule has 3 rings (SSSR count). The number of nitrogens with zero attached hydrogens (tertiary/aromatic N) is 1. The van der Waals surface area contributed by atoms with Gasteiger partial charge in [-0.1, -0.05) is 24.3 Å². The van der Waals surface area contributed by atoms with Crippen LogP contribution in [0.25, 0.3) is 0 Å². The number of benzene rings is 2. The number of fused-ring (bicyclic) bond motifs is 1. The highest BCUT2D eigenvalue weighted by Gasteiger charge is 2.12. The predicted molar refractivity (Wildman–Crippen MR) is 80.7 cm³/mol. The Morgan fingerprint density at radius 3 is 2.52 bits per heavy atom. The van der Waals surface area contributed by atoms with Crippen LogP contribution in [0, 0.1) is 11.6 Å². The molecule has 0 atom stereocenters. The van der Waals surface area contributed by atoms with Crippen molar-refractivity contribution in [3.05, 3.63) is 70.3 Å². The molecule has 0 aliphatic heterocycles. The molecule has 0 saturated carbocycles. The van der Waals surface area contributed by atoms with Crippen molar-refractivity contribution in [1.29, 1.82) is 0 Å². The second kappa shape index (κ2) is 5.76. The molecule has 0 radical (unpaired) electrons. The molecule has 0 unspecified atom stereocenters. The third-order valence-electron chi connectivity index (χ3n) is 3.99. The van der Waals surface area contributed by atoms with Gasteiger partial charge in [-0.3, -0.25) is 4.99 Å². The fraction of sp³-hybridized carbons (Fsp3) is 0.278. The van der Waals surface area contributed by atoms with Crippen LogP contribution in [-0.2, 0) is 19.4 Å². The van der Waals surface area contributed by atoms with Gasteiger partial charge in [-0.15, -0.1) is 0 Å². The Balaban J connectivity index is 1.82. The summed E-state index contributed by atoms with van der Waals surface area (Å²) in [6.07, 6.45) is 3.48. The normalized spacial score (nSPS) is 14.3. The van der Waals surface area contributed by atoms with Crippen LogP contribution in [0.4, 0.5) is 8.78 Å². The Morgan fingerprint density at radius 2 is 1.76 bits per heavy atom. The Morgan fingerprint density at radius 1 is 1.05 bits per heavy atom. The molecule has 0 fully saturated rings. The van der Waals surface area contributed by atoms with Gasteiger partial charge in [0.2, 0.25) is 0 Å². The quantitative estimate of drug-likeness (QED) is 0.738. The summed E-state index contributed by atoms with van der Waals surface area (Å²) in [5, 5.41) is 0. The van der Waals surface area contributed by atoms with E-state index in [9.17, 15) is 8.78 Å². The maximum Gasteiger partial charge on any atom is 0.135 e. The summed E-state index contributed by atoms with van der Waals surface area (Å²) in [7, 11) is 0. The van der Waals surface area contributed by atoms with Gasteiger partial charge in [0.25, 0.3) is 0 Å². The van der Waals surface area contributed by atoms with Gasteiger partial charge in [-0.25, -0.2) is 8.78 Å². The van der Waals surface area contributed by atoms with E-state index in [1.165, 1.54) is 35.7 Å². The average molecular weight is 285 g/mol. The van der Waals surface area contributed by atoms with Gasteiger partial charge in [-0.2, -0.15) is 0 Å². The van der Waals surface area contributed by atoms with Crippen molar-refractivity contribution in [1.82, 2.24) is 0 Å². The number of aliphatic imine (C=N–C) groups is 1. The zero-order valence-electron chi connectivity index (χ0n) is 12.0. The second-order valence-corrected chi connectivity index (χ2v) is 5.45. The molecule has 2 aromatic rings. The first-order chi connectivity index (χ1) is 10.1. The molecule has 2 aromatic carbocycles. The topological polar surface area (TPSA) is 12.4 Å². The number of hydrogen-bond donors (Lipinski definition) is 0. The summed E-state index contributed by atoms with van der Waals surface area (Å²) in [5.74, 6) is -1.13. The summed E-state index contributed by atoms with van der Waals surface area (Å²) >= 11 is 0. The predicted octanol–water partition coefficient (Wildman–Crippen LogP) is 4.46. The van der Waals surface area contributed by atoms with Gasteiger partial charge in [-0.05, 0) is 55.0 Å². The molecule has 0 N–H and O–H groups in total. The van der Waals surface area contributed by atoms with Crippen LogP contribution >= 0.6 is 0 Å². The van der Waals surface area contributed by atoms with E-state index in [1.807, 2.05) is 0 Å². The molecule has 1 nitrogen and oxygen atoms in total. The monoisotopic (exact) mass is 285 g/mol. The summed E-state index contributed by atoms with van der Waals surface area (Å²) in [6.45, 7) is 2.10. The lowest BCUT2D eigenvalue weighted by Gasteiger charge is -2.06. The zero-order chi connectivity index (χ0) is 14.8. The number of hydrogen-bond acceptors (Lipinski definition) is 1. The molecule has 3 heteroatoms. The van der Waals surface area contributed by atoms with E-state index in [4.69, 9.17) is 0 Å². The van der Waals surface area contributed by atoms with Crippen LogP contribution in [0.1, 0.15) is 35.6 Å². The molecule has 108 valence electrons. The van der Waals surface area contributed by atoms with Gasteiger partial charge < -0.3 is 0 Å². The lowest BCUT2D eigenvalue weighted by atomic mass is 10.1. The molecule has 1 aliphatic rings. The SMILES string of the molecule is CC(=NCc1ccc2c(c1)CCC2)c1c(F)cccc1F. The highest BCUT2D eigenvalue weighted by atomic mass is 19.1. The van der Waals surface area contributed by atoms with E-state index >= 15 is 0 Å². The average Bonchev–Trinajstić information content (AvgIpc) is 2.92. The first-order valence-electron chi connectivity index (χ1n) is 7.21. The smallest absolute Gasteiger partial charge is 0.135 e. The van der Waals surface area contributed by atoms with Gasteiger partial charge in [0.05, 0.1) is 12.1 Å². The van der Waals surface area contributed by atoms with Gasteiger partial charge in [0, 0.05) is 5.71 Å². The molecule has 0 amide bonds. The van der Waals surface area contributed by atoms with Crippen LogP contribution in [0.2, 0.25) is 0 Å². The summed E-state index contributed by atoms with van der Waals surface area (Å²) in [5.41, 5.74) is 4.26. The highest BCUT2D eigenvalue weighted by Crippen LogP contribution is 2.23. The summed E-state index contributed by atoms with van der Waals surface area (Å²) in [6, 6.07) is 10.2. The van der Waals surface area contributed by atoms with E-state index in [1.54, 1.807) is 6.92 Å². The Labute approximate surface area is 123 Å². The van der Waals surface area contributed by atoms with Crippen molar-refractivity contribution in [2.45, 2.75) is 32.7 Å².